The van der Waals surface area contributed by atoms with E-state index >= 15 is 0 Å². The average Bonchev–Trinajstić information content (AvgIpc) is 2.89. The van der Waals surface area contributed by atoms with E-state index in [1.54, 1.807) is 20.3 Å². The van der Waals surface area contributed by atoms with Gasteiger partial charge in [0.05, 0.1) is 14.2 Å². The summed E-state index contributed by atoms with van der Waals surface area (Å²) >= 11 is 0. The van der Waals surface area contributed by atoms with Crippen LogP contribution >= 0.6 is 17.0 Å². The second-order valence-corrected chi connectivity index (χ2v) is 8.30. The molecule has 7 nitrogen and oxygen atoms in total. The normalized spacial score (nSPS) is 13.1. The molecule has 5 N–H and O–H groups in total. The molecular weight excluding hydrogens is 522 g/mol. The molecule has 0 bridgehead atoms. The summed E-state index contributed by atoms with van der Waals surface area (Å²) in [7, 11) is 3.30. The lowest BCUT2D eigenvalue weighted by atomic mass is 10.0. The molecule has 0 saturated heterocycles. The first-order chi connectivity index (χ1) is 17.0. The Kier molecular flexibility index (Phi) is 12.3. The van der Waals surface area contributed by atoms with Crippen molar-refractivity contribution in [1.29, 1.82) is 0 Å². The molecule has 2 aliphatic heterocycles. The molecule has 0 unspecified atom stereocenters. The smallest absolute Gasteiger partial charge is 0.251 e. The maximum Gasteiger partial charge on any atom is 0.251 e. The van der Waals surface area contributed by atoms with Gasteiger partial charge in [-0.15, -0.1) is 17.0 Å². The van der Waals surface area contributed by atoms with Crippen LogP contribution in [0.15, 0.2) is 60.7 Å². The van der Waals surface area contributed by atoms with E-state index < -0.39 is 0 Å². The number of benzene rings is 3. The molecule has 5 rings (SSSR count). The Hall–Kier alpha value is -3.07. The number of halogens is 1. The third-order valence-electron chi connectivity index (χ3n) is 5.88. The first kappa shape index (κ1) is 29.2. The number of amides is 1. The molecular formula is C28H36BrN3O4. The van der Waals surface area contributed by atoms with Crippen LogP contribution in [0, 0.1) is 0 Å². The van der Waals surface area contributed by atoms with E-state index in [0.717, 1.165) is 61.5 Å². The molecule has 0 aromatic heterocycles. The number of aromatic hydroxyl groups is 1. The van der Waals surface area contributed by atoms with Crippen molar-refractivity contribution in [3.63, 3.8) is 0 Å². The standard InChI is InChI=1S/C10H11NO2.C9H11NO.C9H13NO.BrH/c1-13-8-2-3-9-7(6-8)4-5-11-10(9)12;11-9-2-1-8-6-10-4-3-7(8)5-9;1-11-9-4-2-3-8(7-9)5-6-10;/h2-3,6H,4-5H2,1H3,(H,11,12);1-2,5,10-11H,3-4,6H2;2-4,7H,5-6,10H2,1H3;1H. The fourth-order valence-corrected chi connectivity index (χ4v) is 3.99. The molecule has 0 atom stereocenters. The summed E-state index contributed by atoms with van der Waals surface area (Å²) in [5.41, 5.74) is 11.1. The molecule has 2 heterocycles. The fourth-order valence-electron chi connectivity index (χ4n) is 3.99. The number of carbonyl (C=O) groups excluding carboxylic acids is 1. The van der Waals surface area contributed by atoms with Gasteiger partial charge in [-0.1, -0.05) is 18.2 Å². The minimum Gasteiger partial charge on any atom is -0.508 e. The summed E-state index contributed by atoms with van der Waals surface area (Å²) in [6.07, 6.45) is 2.83. The van der Waals surface area contributed by atoms with Crippen molar-refractivity contribution >= 4 is 22.9 Å². The number of hydrogen-bond acceptors (Lipinski definition) is 6. The highest BCUT2D eigenvalue weighted by molar-refractivity contribution is 8.93. The van der Waals surface area contributed by atoms with E-state index in [1.165, 1.54) is 16.7 Å². The summed E-state index contributed by atoms with van der Waals surface area (Å²) in [6.45, 7) is 3.37. The minimum absolute atomic E-state index is 0. The highest BCUT2D eigenvalue weighted by atomic mass is 79.9. The average molecular weight is 559 g/mol. The van der Waals surface area contributed by atoms with Crippen LogP contribution in [-0.4, -0.2) is 44.9 Å². The summed E-state index contributed by atoms with van der Waals surface area (Å²) in [5.74, 6) is 2.11. The molecule has 0 radical (unpaired) electrons. The monoisotopic (exact) mass is 557 g/mol. The lowest BCUT2D eigenvalue weighted by Gasteiger charge is -2.16. The topological polar surface area (TPSA) is 106 Å². The van der Waals surface area contributed by atoms with Crippen LogP contribution < -0.4 is 25.8 Å². The predicted octanol–water partition coefficient (Wildman–Crippen LogP) is 3.79. The van der Waals surface area contributed by atoms with Gasteiger partial charge in [0, 0.05) is 18.7 Å². The van der Waals surface area contributed by atoms with Crippen molar-refractivity contribution < 1.29 is 19.4 Å². The van der Waals surface area contributed by atoms with Crippen LogP contribution in [0.4, 0.5) is 0 Å². The Morgan fingerprint density at radius 1 is 0.889 bits per heavy atom. The Bertz CT molecular complexity index is 1120. The summed E-state index contributed by atoms with van der Waals surface area (Å²) in [5, 5.41) is 15.2. The van der Waals surface area contributed by atoms with Gasteiger partial charge in [0.1, 0.15) is 17.2 Å². The maximum absolute atomic E-state index is 11.3. The van der Waals surface area contributed by atoms with Crippen LogP contribution in [0.25, 0.3) is 0 Å². The van der Waals surface area contributed by atoms with E-state index in [0.29, 0.717) is 12.3 Å². The van der Waals surface area contributed by atoms with E-state index in [-0.39, 0.29) is 22.9 Å². The predicted molar refractivity (Wildman–Crippen MR) is 149 cm³/mol. The summed E-state index contributed by atoms with van der Waals surface area (Å²) in [6, 6.07) is 19.1. The van der Waals surface area contributed by atoms with Crippen molar-refractivity contribution in [3.05, 3.63) is 88.5 Å². The van der Waals surface area contributed by atoms with Crippen LogP contribution in [-0.2, 0) is 25.8 Å². The zero-order valence-corrected chi connectivity index (χ0v) is 22.6. The quantitative estimate of drug-likeness (QED) is 0.389. The number of rotatable bonds is 4. The van der Waals surface area contributed by atoms with Crippen molar-refractivity contribution in [3.8, 4) is 17.2 Å². The first-order valence-electron chi connectivity index (χ1n) is 11.8. The Labute approximate surface area is 223 Å². The molecule has 0 saturated carbocycles. The lowest BCUT2D eigenvalue weighted by Crippen LogP contribution is -2.31. The molecule has 0 aliphatic carbocycles. The number of ether oxygens (including phenoxy) is 2. The minimum atomic E-state index is 0. The van der Waals surface area contributed by atoms with Crippen LogP contribution in [0.3, 0.4) is 0 Å². The summed E-state index contributed by atoms with van der Waals surface area (Å²) in [4.78, 5) is 11.3. The van der Waals surface area contributed by atoms with Gasteiger partial charge in [0.25, 0.3) is 5.91 Å². The van der Waals surface area contributed by atoms with Crippen molar-refractivity contribution in [2.75, 3.05) is 33.9 Å². The van der Waals surface area contributed by atoms with Crippen LogP contribution in [0.2, 0.25) is 0 Å². The number of nitrogens with one attached hydrogen (secondary N) is 2. The maximum atomic E-state index is 11.3. The number of hydrogen-bond donors (Lipinski definition) is 4. The van der Waals surface area contributed by atoms with Crippen LogP contribution in [0.1, 0.15) is 32.6 Å². The molecule has 0 fully saturated rings. The number of carbonyl (C=O) groups is 1. The molecule has 36 heavy (non-hydrogen) atoms. The third-order valence-corrected chi connectivity index (χ3v) is 5.88. The van der Waals surface area contributed by atoms with Crippen molar-refractivity contribution in [1.82, 2.24) is 10.6 Å². The second kappa shape index (κ2) is 15.1. The number of phenolic OH excluding ortho intramolecular Hbond substituents is 1. The molecule has 8 heteroatoms. The van der Waals surface area contributed by atoms with E-state index in [1.807, 2.05) is 48.5 Å². The van der Waals surface area contributed by atoms with Gasteiger partial charge < -0.3 is 30.9 Å². The van der Waals surface area contributed by atoms with Gasteiger partial charge in [0.15, 0.2) is 0 Å². The van der Waals surface area contributed by atoms with E-state index in [9.17, 15) is 4.79 Å². The molecule has 1 amide bonds. The molecule has 2 aliphatic rings. The second-order valence-electron chi connectivity index (χ2n) is 8.30. The Morgan fingerprint density at radius 2 is 1.64 bits per heavy atom. The third kappa shape index (κ3) is 8.55. The van der Waals surface area contributed by atoms with E-state index in [2.05, 4.69) is 16.7 Å². The van der Waals surface area contributed by atoms with Gasteiger partial charge in [-0.3, -0.25) is 4.79 Å². The lowest BCUT2D eigenvalue weighted by molar-refractivity contribution is 0.0946. The summed E-state index contributed by atoms with van der Waals surface area (Å²) < 4.78 is 10.1. The number of phenols is 1. The molecule has 194 valence electrons. The van der Waals surface area contributed by atoms with E-state index in [4.69, 9.17) is 20.3 Å². The SMILES string of the molecule is Br.COc1ccc2c(c1)CCNC2=O.COc1cccc(CCN)c1.Oc1ccc2c(c1)CCNC2. The zero-order chi connectivity index (χ0) is 25.0. The van der Waals surface area contributed by atoms with Gasteiger partial charge in [0.2, 0.25) is 0 Å². The highest BCUT2D eigenvalue weighted by Crippen LogP contribution is 2.20. The zero-order valence-electron chi connectivity index (χ0n) is 20.9. The van der Waals surface area contributed by atoms with Crippen LogP contribution in [0.5, 0.6) is 17.2 Å². The Morgan fingerprint density at radius 3 is 2.39 bits per heavy atom. The Balaban J connectivity index is 0.000000189. The van der Waals surface area contributed by atoms with Gasteiger partial charge in [-0.2, -0.15) is 0 Å². The van der Waals surface area contributed by atoms with Crippen molar-refractivity contribution in [2.24, 2.45) is 5.73 Å². The molecule has 3 aromatic rings. The number of fused-ring (bicyclic) bond motifs is 2. The fraction of sp³-hybridized carbons (Fsp3) is 0.321. The highest BCUT2D eigenvalue weighted by Gasteiger charge is 2.16. The van der Waals surface area contributed by atoms with Gasteiger partial charge in [-0.05, 0) is 97.1 Å². The number of methoxy groups -OCH3 is 2. The molecule has 0 spiro atoms. The van der Waals surface area contributed by atoms with Crippen molar-refractivity contribution in [2.45, 2.75) is 25.8 Å². The molecule has 3 aromatic carbocycles. The first-order valence-corrected chi connectivity index (χ1v) is 11.8. The van der Waals surface area contributed by atoms with Gasteiger partial charge >= 0.3 is 0 Å². The largest absolute Gasteiger partial charge is 0.508 e. The number of nitrogens with two attached hydrogens (primary N) is 1. The van der Waals surface area contributed by atoms with Gasteiger partial charge in [-0.25, -0.2) is 0 Å².